The Bertz CT molecular complexity index is 696. The summed E-state index contributed by atoms with van der Waals surface area (Å²) in [6.07, 6.45) is 5.71. The van der Waals surface area contributed by atoms with Crippen LogP contribution in [0, 0.1) is 37.5 Å². The van der Waals surface area contributed by atoms with Crippen LogP contribution in [-0.2, 0) is 9.53 Å². The van der Waals surface area contributed by atoms with Crippen molar-refractivity contribution in [1.29, 1.82) is 0 Å². The summed E-state index contributed by atoms with van der Waals surface area (Å²) in [6, 6.07) is 0. The molecule has 4 atom stereocenters. The molecule has 2 aliphatic rings. The van der Waals surface area contributed by atoms with Crippen LogP contribution in [0.2, 0.25) is 0 Å². The van der Waals surface area contributed by atoms with Gasteiger partial charge in [0.15, 0.2) is 0 Å². The van der Waals surface area contributed by atoms with Crippen molar-refractivity contribution in [2.24, 2.45) is 23.7 Å². The fraction of sp³-hybridized carbons (Fsp3) is 0.579. The molecule has 1 aromatic heterocycles. The first kappa shape index (κ1) is 17.6. The summed E-state index contributed by atoms with van der Waals surface area (Å²) in [5.74, 6) is 0.0293. The highest BCUT2D eigenvalue weighted by atomic mass is 16.5. The second-order valence-electron chi connectivity index (χ2n) is 6.98. The zero-order valence-corrected chi connectivity index (χ0v) is 15.2. The maximum atomic E-state index is 13.0. The van der Waals surface area contributed by atoms with Crippen LogP contribution >= 0.6 is 0 Å². The number of amides is 1. The van der Waals surface area contributed by atoms with Crippen LogP contribution in [0.25, 0.3) is 0 Å². The van der Waals surface area contributed by atoms with Crippen LogP contribution < -0.4 is 0 Å². The number of hydrogen-bond acceptors (Lipinski definition) is 5. The molecule has 3 rings (SSSR count). The van der Waals surface area contributed by atoms with Crippen molar-refractivity contribution in [3.05, 3.63) is 35.4 Å². The summed E-state index contributed by atoms with van der Waals surface area (Å²) in [5.41, 5.74) is 1.96. The zero-order valence-electron chi connectivity index (χ0n) is 15.2. The Morgan fingerprint density at radius 2 is 1.88 bits per heavy atom. The summed E-state index contributed by atoms with van der Waals surface area (Å²) >= 11 is 0. The van der Waals surface area contributed by atoms with Crippen LogP contribution in [0.15, 0.2) is 18.5 Å². The molecule has 1 aliphatic heterocycles. The summed E-state index contributed by atoms with van der Waals surface area (Å²) in [7, 11) is 0. The molecule has 25 heavy (non-hydrogen) atoms. The van der Waals surface area contributed by atoms with Crippen molar-refractivity contribution in [2.45, 2.75) is 27.7 Å². The van der Waals surface area contributed by atoms with Gasteiger partial charge in [-0.2, -0.15) is 0 Å². The number of ether oxygens (including phenoxy) is 1. The lowest BCUT2D eigenvalue weighted by molar-refractivity contribution is -0.152. The lowest BCUT2D eigenvalue weighted by atomic mass is 9.72. The minimum atomic E-state index is -0.193. The highest BCUT2D eigenvalue weighted by Crippen LogP contribution is 2.40. The highest BCUT2D eigenvalue weighted by molar-refractivity contribution is 5.96. The number of fused-ring (bicyclic) bond motifs is 1. The molecular weight excluding hydrogens is 318 g/mol. The second-order valence-corrected chi connectivity index (χ2v) is 6.98. The molecule has 1 aliphatic carbocycles. The normalized spacial score (nSPS) is 27.9. The number of likely N-dealkylation sites (tertiary alicyclic amines) is 1. The van der Waals surface area contributed by atoms with E-state index in [0.717, 1.165) is 0 Å². The molecule has 1 fully saturated rings. The average Bonchev–Trinajstić information content (AvgIpc) is 2.98. The van der Waals surface area contributed by atoms with Gasteiger partial charge in [-0.05, 0) is 38.5 Å². The van der Waals surface area contributed by atoms with Crippen molar-refractivity contribution < 1.29 is 14.3 Å². The first-order chi connectivity index (χ1) is 11.9. The van der Waals surface area contributed by atoms with Gasteiger partial charge in [0, 0.05) is 13.1 Å². The van der Waals surface area contributed by atoms with Crippen LogP contribution in [-0.4, -0.2) is 46.4 Å². The van der Waals surface area contributed by atoms with Crippen molar-refractivity contribution >= 4 is 11.9 Å². The van der Waals surface area contributed by atoms with Gasteiger partial charge in [0.1, 0.15) is 6.33 Å². The van der Waals surface area contributed by atoms with E-state index in [1.165, 1.54) is 6.33 Å². The van der Waals surface area contributed by atoms with E-state index in [0.29, 0.717) is 36.6 Å². The van der Waals surface area contributed by atoms with E-state index >= 15 is 0 Å². The lowest BCUT2D eigenvalue weighted by Gasteiger charge is -2.31. The van der Waals surface area contributed by atoms with Crippen LogP contribution in [0.4, 0.5) is 0 Å². The number of nitrogens with zero attached hydrogens (tertiary/aromatic N) is 3. The lowest BCUT2D eigenvalue weighted by Crippen LogP contribution is -2.37. The molecule has 1 aromatic rings. The number of aryl methyl sites for hydroxylation is 2. The maximum Gasteiger partial charge on any atom is 0.309 e. The number of carbonyl (C=O) groups is 2. The molecule has 0 saturated carbocycles. The van der Waals surface area contributed by atoms with Crippen LogP contribution in [0.5, 0.6) is 0 Å². The molecule has 0 bridgehead atoms. The first-order valence-corrected chi connectivity index (χ1v) is 8.86. The molecule has 0 unspecified atom stereocenters. The molecule has 0 spiro atoms. The quantitative estimate of drug-likeness (QED) is 0.621. The van der Waals surface area contributed by atoms with Crippen molar-refractivity contribution in [2.75, 3.05) is 19.7 Å². The Morgan fingerprint density at radius 3 is 2.52 bits per heavy atom. The van der Waals surface area contributed by atoms with E-state index < -0.39 is 0 Å². The third kappa shape index (κ3) is 3.17. The van der Waals surface area contributed by atoms with E-state index in [1.54, 1.807) is 0 Å². The Morgan fingerprint density at radius 1 is 1.20 bits per heavy atom. The minimum absolute atomic E-state index is 0.0475. The van der Waals surface area contributed by atoms with E-state index in [9.17, 15) is 9.59 Å². The van der Waals surface area contributed by atoms with Gasteiger partial charge in [0.05, 0.1) is 29.5 Å². The standard InChI is InChI=1S/C19H25N3O3/c1-5-25-19(24)16-11(2)6-7-14-8-22(9-15(14)16)18(23)17-12(3)20-10-21-13(17)4/h6-7,10-11,14-16H,5,8-9H2,1-4H3/t11-,14-,15-,16-/m0/s1. The molecule has 0 aromatic carbocycles. The maximum absolute atomic E-state index is 13.0. The molecule has 1 saturated heterocycles. The molecular formula is C19H25N3O3. The molecule has 6 heteroatoms. The van der Waals surface area contributed by atoms with E-state index in [1.807, 2.05) is 32.6 Å². The molecule has 2 heterocycles. The average molecular weight is 343 g/mol. The highest BCUT2D eigenvalue weighted by Gasteiger charge is 2.46. The SMILES string of the molecule is CCOC(=O)[C@@H]1[C@H]2CN(C(=O)c3c(C)ncnc3C)C[C@@H]2C=C[C@@H]1C. The molecule has 0 radical (unpaired) electrons. The number of rotatable bonds is 3. The van der Waals surface area contributed by atoms with Gasteiger partial charge in [-0.1, -0.05) is 19.1 Å². The van der Waals surface area contributed by atoms with Gasteiger partial charge in [0.2, 0.25) is 0 Å². The Labute approximate surface area is 148 Å². The minimum Gasteiger partial charge on any atom is -0.466 e. The van der Waals surface area contributed by atoms with E-state index in [-0.39, 0.29) is 35.5 Å². The predicted molar refractivity (Wildman–Crippen MR) is 92.8 cm³/mol. The second kappa shape index (κ2) is 6.94. The molecule has 6 nitrogen and oxygen atoms in total. The summed E-state index contributed by atoms with van der Waals surface area (Å²) in [4.78, 5) is 35.6. The number of hydrogen-bond donors (Lipinski definition) is 0. The predicted octanol–water partition coefficient (Wildman–Crippen LogP) is 2.17. The monoisotopic (exact) mass is 343 g/mol. The number of esters is 1. The fourth-order valence-corrected chi connectivity index (χ4v) is 4.12. The van der Waals surface area contributed by atoms with Gasteiger partial charge in [-0.15, -0.1) is 0 Å². The number of aromatic nitrogens is 2. The molecule has 134 valence electrons. The Balaban J connectivity index is 1.83. The van der Waals surface area contributed by atoms with Gasteiger partial charge in [-0.25, -0.2) is 9.97 Å². The van der Waals surface area contributed by atoms with Gasteiger partial charge in [0.25, 0.3) is 5.91 Å². The Hall–Kier alpha value is -2.24. The molecule has 1 amide bonds. The van der Waals surface area contributed by atoms with Crippen molar-refractivity contribution in [3.63, 3.8) is 0 Å². The smallest absolute Gasteiger partial charge is 0.309 e. The topological polar surface area (TPSA) is 72.4 Å². The van der Waals surface area contributed by atoms with Crippen LogP contribution in [0.1, 0.15) is 35.6 Å². The third-order valence-corrected chi connectivity index (χ3v) is 5.39. The summed E-state index contributed by atoms with van der Waals surface area (Å²) in [5, 5.41) is 0. The number of carbonyl (C=O) groups excluding carboxylic acids is 2. The third-order valence-electron chi connectivity index (χ3n) is 5.39. The summed E-state index contributed by atoms with van der Waals surface area (Å²) < 4.78 is 5.28. The largest absolute Gasteiger partial charge is 0.466 e. The van der Waals surface area contributed by atoms with E-state index in [4.69, 9.17) is 4.74 Å². The van der Waals surface area contributed by atoms with Crippen molar-refractivity contribution in [1.82, 2.24) is 14.9 Å². The first-order valence-electron chi connectivity index (χ1n) is 8.86. The number of allylic oxidation sites excluding steroid dienone is 1. The zero-order chi connectivity index (χ0) is 18.1. The van der Waals surface area contributed by atoms with Crippen LogP contribution in [0.3, 0.4) is 0 Å². The van der Waals surface area contributed by atoms with Gasteiger partial charge < -0.3 is 9.64 Å². The Kier molecular flexibility index (Phi) is 4.88. The van der Waals surface area contributed by atoms with Gasteiger partial charge in [-0.3, -0.25) is 9.59 Å². The van der Waals surface area contributed by atoms with Crippen molar-refractivity contribution in [3.8, 4) is 0 Å². The fourth-order valence-electron chi connectivity index (χ4n) is 4.12. The van der Waals surface area contributed by atoms with Gasteiger partial charge >= 0.3 is 5.97 Å². The summed E-state index contributed by atoms with van der Waals surface area (Å²) in [6.45, 7) is 9.09. The molecule has 0 N–H and O–H groups in total. The van der Waals surface area contributed by atoms with E-state index in [2.05, 4.69) is 22.1 Å².